The highest BCUT2D eigenvalue weighted by Crippen LogP contribution is 2.45. The van der Waals surface area contributed by atoms with Gasteiger partial charge in [-0.25, -0.2) is 0 Å². The molecule has 0 saturated heterocycles. The van der Waals surface area contributed by atoms with E-state index in [4.69, 9.17) is 0 Å². The van der Waals surface area contributed by atoms with E-state index in [2.05, 4.69) is 19.2 Å². The van der Waals surface area contributed by atoms with Crippen molar-refractivity contribution in [3.8, 4) is 0 Å². The minimum atomic E-state index is -0.0925. The standard InChI is InChI=1S/C11H21NO/c1-11(2)7-10(11)12-8-5-3-4-6-9(8)13/h8-10,12-13H,3-7H2,1-2H3. The lowest BCUT2D eigenvalue weighted by atomic mass is 9.92. The molecule has 2 nitrogen and oxygen atoms in total. The maximum Gasteiger partial charge on any atom is 0.0693 e. The highest BCUT2D eigenvalue weighted by atomic mass is 16.3. The molecule has 0 aromatic rings. The predicted octanol–water partition coefficient (Wildman–Crippen LogP) is 1.68. The first-order valence-electron chi connectivity index (χ1n) is 5.54. The molecule has 76 valence electrons. The van der Waals surface area contributed by atoms with Gasteiger partial charge in [0.15, 0.2) is 0 Å². The second-order valence-electron chi connectivity index (χ2n) is 5.37. The molecule has 0 bridgehead atoms. The van der Waals surface area contributed by atoms with Gasteiger partial charge in [-0.05, 0) is 24.7 Å². The molecule has 0 radical (unpaired) electrons. The number of hydrogen-bond acceptors (Lipinski definition) is 2. The summed E-state index contributed by atoms with van der Waals surface area (Å²) in [5.41, 5.74) is 0.483. The van der Waals surface area contributed by atoms with Crippen LogP contribution in [0.3, 0.4) is 0 Å². The van der Waals surface area contributed by atoms with E-state index >= 15 is 0 Å². The van der Waals surface area contributed by atoms with Gasteiger partial charge in [0.2, 0.25) is 0 Å². The van der Waals surface area contributed by atoms with Crippen LogP contribution in [0.5, 0.6) is 0 Å². The lowest BCUT2D eigenvalue weighted by Gasteiger charge is -2.29. The predicted molar refractivity (Wildman–Crippen MR) is 53.6 cm³/mol. The van der Waals surface area contributed by atoms with Gasteiger partial charge in [-0.15, -0.1) is 0 Å². The zero-order chi connectivity index (χ0) is 9.47. The minimum absolute atomic E-state index is 0.0925. The Morgan fingerprint density at radius 3 is 2.38 bits per heavy atom. The Hall–Kier alpha value is -0.0800. The van der Waals surface area contributed by atoms with Crippen molar-refractivity contribution in [2.24, 2.45) is 5.41 Å². The Balaban J connectivity index is 1.81. The van der Waals surface area contributed by atoms with Gasteiger partial charge in [-0.3, -0.25) is 0 Å². The molecule has 2 aliphatic rings. The average molecular weight is 183 g/mol. The molecule has 0 amide bonds. The van der Waals surface area contributed by atoms with Gasteiger partial charge in [0, 0.05) is 12.1 Å². The fourth-order valence-corrected chi connectivity index (χ4v) is 2.32. The smallest absolute Gasteiger partial charge is 0.0693 e. The van der Waals surface area contributed by atoms with E-state index in [9.17, 15) is 5.11 Å². The van der Waals surface area contributed by atoms with Gasteiger partial charge in [0.05, 0.1) is 6.10 Å². The summed E-state index contributed by atoms with van der Waals surface area (Å²) in [6.45, 7) is 4.58. The zero-order valence-electron chi connectivity index (χ0n) is 8.71. The summed E-state index contributed by atoms with van der Waals surface area (Å²) in [6.07, 6.45) is 5.81. The quantitative estimate of drug-likeness (QED) is 0.682. The number of aliphatic hydroxyl groups is 1. The first kappa shape index (κ1) is 9.47. The first-order valence-corrected chi connectivity index (χ1v) is 5.54. The van der Waals surface area contributed by atoms with Crippen LogP contribution in [0.2, 0.25) is 0 Å². The van der Waals surface area contributed by atoms with Gasteiger partial charge < -0.3 is 10.4 Å². The van der Waals surface area contributed by atoms with E-state index in [1.54, 1.807) is 0 Å². The van der Waals surface area contributed by atoms with Crippen LogP contribution in [0.4, 0.5) is 0 Å². The number of nitrogens with one attached hydrogen (secondary N) is 1. The fourth-order valence-electron chi connectivity index (χ4n) is 2.32. The molecule has 0 aliphatic heterocycles. The SMILES string of the molecule is CC1(C)CC1NC1CCCCC1O. The van der Waals surface area contributed by atoms with E-state index in [0.717, 1.165) is 12.8 Å². The van der Waals surface area contributed by atoms with Crippen molar-refractivity contribution in [3.63, 3.8) is 0 Å². The largest absolute Gasteiger partial charge is 0.392 e. The van der Waals surface area contributed by atoms with Crippen LogP contribution in [0.15, 0.2) is 0 Å². The van der Waals surface area contributed by atoms with Crippen molar-refractivity contribution >= 4 is 0 Å². The van der Waals surface area contributed by atoms with Crippen molar-refractivity contribution in [1.82, 2.24) is 5.32 Å². The molecule has 0 aromatic carbocycles. The molecule has 2 aliphatic carbocycles. The van der Waals surface area contributed by atoms with Crippen molar-refractivity contribution in [3.05, 3.63) is 0 Å². The fraction of sp³-hybridized carbons (Fsp3) is 1.00. The van der Waals surface area contributed by atoms with Crippen LogP contribution < -0.4 is 5.32 Å². The van der Waals surface area contributed by atoms with E-state index in [0.29, 0.717) is 17.5 Å². The van der Waals surface area contributed by atoms with Gasteiger partial charge in [-0.1, -0.05) is 26.7 Å². The van der Waals surface area contributed by atoms with E-state index < -0.39 is 0 Å². The number of hydrogen-bond donors (Lipinski definition) is 2. The molecule has 3 unspecified atom stereocenters. The molecule has 2 fully saturated rings. The molecule has 2 rings (SSSR count). The zero-order valence-corrected chi connectivity index (χ0v) is 8.71. The van der Waals surface area contributed by atoms with E-state index in [1.807, 2.05) is 0 Å². The summed E-state index contributed by atoms with van der Waals surface area (Å²) in [5, 5.41) is 13.3. The highest BCUT2D eigenvalue weighted by molar-refractivity contribution is 5.03. The Labute approximate surface area is 80.7 Å². The van der Waals surface area contributed by atoms with Crippen molar-refractivity contribution < 1.29 is 5.11 Å². The third kappa shape index (κ3) is 2.05. The Kier molecular flexibility index (Phi) is 2.37. The molecule has 0 aromatic heterocycles. The van der Waals surface area contributed by atoms with Gasteiger partial charge in [0.25, 0.3) is 0 Å². The lowest BCUT2D eigenvalue weighted by Crippen LogP contribution is -2.44. The number of aliphatic hydroxyl groups excluding tert-OH is 1. The molecule has 2 heteroatoms. The van der Waals surface area contributed by atoms with E-state index in [-0.39, 0.29) is 6.10 Å². The van der Waals surface area contributed by atoms with Crippen LogP contribution in [-0.2, 0) is 0 Å². The van der Waals surface area contributed by atoms with Crippen LogP contribution in [0.1, 0.15) is 46.0 Å². The molecule has 0 spiro atoms. The summed E-state index contributed by atoms with van der Waals surface area (Å²) in [6, 6.07) is 1.03. The van der Waals surface area contributed by atoms with E-state index in [1.165, 1.54) is 19.3 Å². The summed E-state index contributed by atoms with van der Waals surface area (Å²) in [5.74, 6) is 0. The normalized spacial score (nSPS) is 43.2. The van der Waals surface area contributed by atoms with Crippen LogP contribution in [0.25, 0.3) is 0 Å². The van der Waals surface area contributed by atoms with Crippen molar-refractivity contribution in [2.75, 3.05) is 0 Å². The molecule has 3 atom stereocenters. The second-order valence-corrected chi connectivity index (χ2v) is 5.37. The summed E-state index contributed by atoms with van der Waals surface area (Å²) >= 11 is 0. The molecule has 13 heavy (non-hydrogen) atoms. The lowest BCUT2D eigenvalue weighted by molar-refractivity contribution is 0.0885. The average Bonchev–Trinajstić information content (AvgIpc) is 2.64. The van der Waals surface area contributed by atoms with Crippen LogP contribution in [0, 0.1) is 5.41 Å². The van der Waals surface area contributed by atoms with Crippen molar-refractivity contribution in [1.29, 1.82) is 0 Å². The van der Waals surface area contributed by atoms with Crippen LogP contribution >= 0.6 is 0 Å². The minimum Gasteiger partial charge on any atom is -0.392 e. The van der Waals surface area contributed by atoms with Gasteiger partial charge >= 0.3 is 0 Å². The Morgan fingerprint density at radius 2 is 1.85 bits per heavy atom. The third-order valence-electron chi connectivity index (χ3n) is 3.66. The van der Waals surface area contributed by atoms with Gasteiger partial charge in [-0.2, -0.15) is 0 Å². The maximum atomic E-state index is 9.75. The molecule has 2 saturated carbocycles. The van der Waals surface area contributed by atoms with Gasteiger partial charge in [0.1, 0.15) is 0 Å². The molecular formula is C11H21NO. The second kappa shape index (κ2) is 3.25. The van der Waals surface area contributed by atoms with Crippen LogP contribution in [-0.4, -0.2) is 23.3 Å². The Bertz CT molecular complexity index is 191. The van der Waals surface area contributed by atoms with Crippen molar-refractivity contribution in [2.45, 2.75) is 64.1 Å². The Morgan fingerprint density at radius 1 is 1.23 bits per heavy atom. The number of rotatable bonds is 2. The summed E-state index contributed by atoms with van der Waals surface area (Å²) in [7, 11) is 0. The maximum absolute atomic E-state index is 9.75. The topological polar surface area (TPSA) is 32.3 Å². The summed E-state index contributed by atoms with van der Waals surface area (Å²) in [4.78, 5) is 0. The molecular weight excluding hydrogens is 162 g/mol. The molecule has 2 N–H and O–H groups in total. The molecule has 0 heterocycles. The monoisotopic (exact) mass is 183 g/mol. The third-order valence-corrected chi connectivity index (χ3v) is 3.66. The summed E-state index contributed by atoms with van der Waals surface area (Å²) < 4.78 is 0. The highest BCUT2D eigenvalue weighted by Gasteiger charge is 2.46. The first-order chi connectivity index (χ1) is 6.09.